The summed E-state index contributed by atoms with van der Waals surface area (Å²) < 4.78 is 10.8. The van der Waals surface area contributed by atoms with Crippen LogP contribution < -0.4 is 10.1 Å². The molecule has 0 saturated heterocycles. The van der Waals surface area contributed by atoms with Gasteiger partial charge in [0.1, 0.15) is 5.75 Å². The molecule has 0 heterocycles. The maximum atomic E-state index is 5.59. The molecule has 0 fully saturated rings. The van der Waals surface area contributed by atoms with E-state index in [0.29, 0.717) is 5.92 Å². The van der Waals surface area contributed by atoms with Crippen molar-refractivity contribution in [3.05, 3.63) is 29.8 Å². The van der Waals surface area contributed by atoms with E-state index < -0.39 is 0 Å². The molecule has 1 unspecified atom stereocenters. The summed E-state index contributed by atoms with van der Waals surface area (Å²) in [4.78, 5) is 0. The monoisotopic (exact) mass is 265 g/mol. The van der Waals surface area contributed by atoms with Gasteiger partial charge < -0.3 is 14.8 Å². The van der Waals surface area contributed by atoms with Gasteiger partial charge in [0.15, 0.2) is 0 Å². The quantitative estimate of drug-likeness (QED) is 0.660. The van der Waals surface area contributed by atoms with Gasteiger partial charge >= 0.3 is 0 Å². The van der Waals surface area contributed by atoms with Gasteiger partial charge in [-0.15, -0.1) is 0 Å². The highest BCUT2D eigenvalue weighted by molar-refractivity contribution is 5.27. The molecule has 108 valence electrons. The third kappa shape index (κ3) is 6.60. The van der Waals surface area contributed by atoms with E-state index in [1.165, 1.54) is 5.56 Å². The Kier molecular flexibility index (Phi) is 8.26. The number of nitrogens with one attached hydrogen (secondary N) is 1. The van der Waals surface area contributed by atoms with Crippen molar-refractivity contribution in [1.82, 2.24) is 5.32 Å². The molecule has 0 radical (unpaired) electrons. The van der Waals surface area contributed by atoms with Gasteiger partial charge in [0.2, 0.25) is 0 Å². The highest BCUT2D eigenvalue weighted by atomic mass is 16.5. The smallest absolute Gasteiger partial charge is 0.118 e. The third-order valence-electron chi connectivity index (χ3n) is 3.20. The van der Waals surface area contributed by atoms with E-state index in [2.05, 4.69) is 24.4 Å². The standard InChI is InChI=1S/C16H27NO2/c1-4-10-19-11-9-15(13-17-2)12-14-5-7-16(18-3)8-6-14/h5-8,15,17H,4,9-13H2,1-3H3. The maximum absolute atomic E-state index is 5.59. The molecule has 0 amide bonds. The average Bonchev–Trinajstić information content (AvgIpc) is 2.44. The Morgan fingerprint density at radius 1 is 1.16 bits per heavy atom. The minimum atomic E-state index is 0.621. The Morgan fingerprint density at radius 3 is 2.47 bits per heavy atom. The Hall–Kier alpha value is -1.06. The van der Waals surface area contributed by atoms with Crippen molar-refractivity contribution in [3.8, 4) is 5.75 Å². The van der Waals surface area contributed by atoms with Gasteiger partial charge in [0, 0.05) is 13.2 Å². The minimum absolute atomic E-state index is 0.621. The summed E-state index contributed by atoms with van der Waals surface area (Å²) in [5, 5.41) is 3.27. The molecule has 1 aromatic rings. The van der Waals surface area contributed by atoms with Crippen LogP contribution in [0.25, 0.3) is 0 Å². The zero-order valence-corrected chi connectivity index (χ0v) is 12.4. The Morgan fingerprint density at radius 2 is 1.89 bits per heavy atom. The fourth-order valence-electron chi connectivity index (χ4n) is 2.16. The van der Waals surface area contributed by atoms with Crippen molar-refractivity contribution in [2.45, 2.75) is 26.2 Å². The first kappa shape index (κ1) is 16.0. The van der Waals surface area contributed by atoms with Gasteiger partial charge in [0.05, 0.1) is 7.11 Å². The van der Waals surface area contributed by atoms with Gasteiger partial charge in [-0.25, -0.2) is 0 Å². The summed E-state index contributed by atoms with van der Waals surface area (Å²) in [6, 6.07) is 8.35. The van der Waals surface area contributed by atoms with E-state index in [1.807, 2.05) is 19.2 Å². The lowest BCUT2D eigenvalue weighted by Crippen LogP contribution is -2.22. The first-order valence-corrected chi connectivity index (χ1v) is 7.15. The molecule has 1 N–H and O–H groups in total. The van der Waals surface area contributed by atoms with Gasteiger partial charge in [0.25, 0.3) is 0 Å². The summed E-state index contributed by atoms with van der Waals surface area (Å²) in [6.45, 7) is 4.90. The molecule has 0 aliphatic heterocycles. The lowest BCUT2D eigenvalue weighted by atomic mass is 9.96. The van der Waals surface area contributed by atoms with Gasteiger partial charge in [-0.2, -0.15) is 0 Å². The van der Waals surface area contributed by atoms with Crippen LogP contribution in [0.15, 0.2) is 24.3 Å². The van der Waals surface area contributed by atoms with E-state index in [0.717, 1.165) is 44.8 Å². The number of hydrogen-bond donors (Lipinski definition) is 1. The maximum Gasteiger partial charge on any atom is 0.118 e. The normalized spacial score (nSPS) is 12.4. The molecule has 19 heavy (non-hydrogen) atoms. The molecule has 0 bridgehead atoms. The molecule has 0 aromatic heterocycles. The molecular formula is C16H27NO2. The van der Waals surface area contributed by atoms with Crippen LogP contribution in [0.3, 0.4) is 0 Å². The fourth-order valence-corrected chi connectivity index (χ4v) is 2.16. The van der Waals surface area contributed by atoms with E-state index in [-0.39, 0.29) is 0 Å². The summed E-state index contributed by atoms with van der Waals surface area (Å²) in [6.07, 6.45) is 3.28. The number of hydrogen-bond acceptors (Lipinski definition) is 3. The van der Waals surface area contributed by atoms with E-state index in [4.69, 9.17) is 9.47 Å². The van der Waals surface area contributed by atoms with Crippen LogP contribution >= 0.6 is 0 Å². The van der Waals surface area contributed by atoms with Crippen LogP contribution in [0, 0.1) is 5.92 Å². The highest BCUT2D eigenvalue weighted by Gasteiger charge is 2.09. The summed E-state index contributed by atoms with van der Waals surface area (Å²) in [5.74, 6) is 1.54. The number of benzene rings is 1. The Labute approximate surface area is 117 Å². The summed E-state index contributed by atoms with van der Waals surface area (Å²) in [5.41, 5.74) is 1.36. The van der Waals surface area contributed by atoms with E-state index in [9.17, 15) is 0 Å². The minimum Gasteiger partial charge on any atom is -0.497 e. The van der Waals surface area contributed by atoms with Gasteiger partial charge in [-0.1, -0.05) is 19.1 Å². The predicted molar refractivity (Wildman–Crippen MR) is 79.8 cm³/mol. The van der Waals surface area contributed by atoms with Crippen LogP contribution in [0.4, 0.5) is 0 Å². The van der Waals surface area contributed by atoms with Gasteiger partial charge in [-0.3, -0.25) is 0 Å². The van der Waals surface area contributed by atoms with Gasteiger partial charge in [-0.05, 0) is 56.5 Å². The van der Waals surface area contributed by atoms with Crippen LogP contribution in [0.5, 0.6) is 5.75 Å². The Bertz CT molecular complexity index is 324. The SMILES string of the molecule is CCCOCCC(CNC)Cc1ccc(OC)cc1. The second-order valence-electron chi connectivity index (χ2n) is 4.88. The van der Waals surface area contributed by atoms with Crippen molar-refractivity contribution >= 4 is 0 Å². The molecule has 0 spiro atoms. The molecule has 0 aliphatic carbocycles. The molecule has 0 saturated carbocycles. The van der Waals surface area contributed by atoms with Crippen molar-refractivity contribution in [2.24, 2.45) is 5.92 Å². The van der Waals surface area contributed by atoms with Crippen molar-refractivity contribution < 1.29 is 9.47 Å². The largest absolute Gasteiger partial charge is 0.497 e. The molecular weight excluding hydrogens is 238 g/mol. The second-order valence-corrected chi connectivity index (χ2v) is 4.88. The van der Waals surface area contributed by atoms with Crippen LogP contribution in [0.2, 0.25) is 0 Å². The second kappa shape index (κ2) is 9.82. The number of ether oxygens (including phenoxy) is 2. The molecule has 1 atom stereocenters. The lowest BCUT2D eigenvalue weighted by molar-refractivity contribution is 0.120. The predicted octanol–water partition coefficient (Wildman–Crippen LogP) is 2.89. The zero-order valence-electron chi connectivity index (χ0n) is 12.4. The fraction of sp³-hybridized carbons (Fsp3) is 0.625. The molecule has 1 aromatic carbocycles. The highest BCUT2D eigenvalue weighted by Crippen LogP contribution is 2.16. The zero-order chi connectivity index (χ0) is 13.9. The summed E-state index contributed by atoms with van der Waals surface area (Å²) in [7, 11) is 3.71. The third-order valence-corrected chi connectivity index (χ3v) is 3.20. The van der Waals surface area contributed by atoms with E-state index in [1.54, 1.807) is 7.11 Å². The molecule has 3 nitrogen and oxygen atoms in total. The Balaban J connectivity index is 2.42. The number of rotatable bonds is 10. The van der Waals surface area contributed by atoms with E-state index >= 15 is 0 Å². The first-order valence-electron chi connectivity index (χ1n) is 7.15. The molecule has 3 heteroatoms. The van der Waals surface area contributed by atoms with Crippen LogP contribution in [0.1, 0.15) is 25.3 Å². The first-order chi connectivity index (χ1) is 9.30. The van der Waals surface area contributed by atoms with Crippen molar-refractivity contribution in [1.29, 1.82) is 0 Å². The lowest BCUT2D eigenvalue weighted by Gasteiger charge is -2.17. The average molecular weight is 265 g/mol. The molecule has 1 rings (SSSR count). The van der Waals surface area contributed by atoms with Crippen molar-refractivity contribution in [2.75, 3.05) is 33.9 Å². The summed E-state index contributed by atoms with van der Waals surface area (Å²) >= 11 is 0. The topological polar surface area (TPSA) is 30.5 Å². The molecule has 0 aliphatic rings. The van der Waals surface area contributed by atoms with Crippen molar-refractivity contribution in [3.63, 3.8) is 0 Å². The number of methoxy groups -OCH3 is 1. The van der Waals surface area contributed by atoms with Crippen LogP contribution in [-0.4, -0.2) is 33.9 Å². The van der Waals surface area contributed by atoms with Crippen LogP contribution in [-0.2, 0) is 11.2 Å².